The van der Waals surface area contributed by atoms with Gasteiger partial charge in [0.1, 0.15) is 43.4 Å². The SMILES string of the molecule is COc1ccc(OC[C@H](O)C[NH2+]C[C@H](O)c2ccccc2)c(C(C)(C)C)c1. The molecule has 0 fully saturated rings. The lowest BCUT2D eigenvalue weighted by atomic mass is 9.86. The van der Waals surface area contributed by atoms with E-state index in [2.05, 4.69) is 20.8 Å². The molecule has 0 unspecified atom stereocenters. The van der Waals surface area contributed by atoms with Gasteiger partial charge in [-0.1, -0.05) is 51.1 Å². The first kappa shape index (κ1) is 21.2. The summed E-state index contributed by atoms with van der Waals surface area (Å²) in [6.07, 6.45) is -1.17. The van der Waals surface area contributed by atoms with Crippen LogP contribution >= 0.6 is 0 Å². The maximum Gasteiger partial charge on any atom is 0.137 e. The number of hydrogen-bond acceptors (Lipinski definition) is 4. The van der Waals surface area contributed by atoms with E-state index in [4.69, 9.17) is 9.47 Å². The Morgan fingerprint density at radius 3 is 2.33 bits per heavy atom. The standard InChI is InChI=1S/C22H31NO4/c1-22(2,3)19-12-18(26-4)10-11-21(19)27-15-17(24)13-23-14-20(25)16-8-6-5-7-9-16/h5-12,17,20,23-25H,13-15H2,1-4H3/p+1/t17-,20+/m1/s1. The van der Waals surface area contributed by atoms with Crippen molar-refractivity contribution in [3.8, 4) is 11.5 Å². The van der Waals surface area contributed by atoms with E-state index < -0.39 is 12.2 Å². The van der Waals surface area contributed by atoms with Crippen molar-refractivity contribution in [1.82, 2.24) is 0 Å². The molecule has 5 nitrogen and oxygen atoms in total. The zero-order chi connectivity index (χ0) is 19.9. The first-order valence-corrected chi connectivity index (χ1v) is 9.35. The highest BCUT2D eigenvalue weighted by Crippen LogP contribution is 2.34. The van der Waals surface area contributed by atoms with E-state index in [1.165, 1.54) is 0 Å². The Kier molecular flexibility index (Phi) is 7.66. The molecule has 0 bridgehead atoms. The topological polar surface area (TPSA) is 75.5 Å². The summed E-state index contributed by atoms with van der Waals surface area (Å²) in [6, 6.07) is 15.3. The number of methoxy groups -OCH3 is 1. The van der Waals surface area contributed by atoms with Crippen LogP contribution in [0.25, 0.3) is 0 Å². The molecule has 27 heavy (non-hydrogen) atoms. The van der Waals surface area contributed by atoms with E-state index in [1.54, 1.807) is 7.11 Å². The Morgan fingerprint density at radius 1 is 1.00 bits per heavy atom. The molecule has 0 heterocycles. The zero-order valence-corrected chi connectivity index (χ0v) is 16.7. The molecule has 0 spiro atoms. The van der Waals surface area contributed by atoms with Crippen LogP contribution in [0, 0.1) is 0 Å². The summed E-state index contributed by atoms with van der Waals surface area (Å²) in [5.41, 5.74) is 1.82. The third-order valence-electron chi connectivity index (χ3n) is 4.44. The van der Waals surface area contributed by atoms with Gasteiger partial charge in [0.05, 0.1) is 7.11 Å². The van der Waals surface area contributed by atoms with Gasteiger partial charge < -0.3 is 25.0 Å². The van der Waals surface area contributed by atoms with E-state index in [1.807, 2.05) is 53.8 Å². The predicted molar refractivity (Wildman–Crippen MR) is 106 cm³/mol. The Balaban J connectivity index is 1.84. The van der Waals surface area contributed by atoms with Crippen LogP contribution in [0.3, 0.4) is 0 Å². The van der Waals surface area contributed by atoms with Gasteiger partial charge in [0.25, 0.3) is 0 Å². The number of aliphatic hydroxyl groups excluding tert-OH is 2. The van der Waals surface area contributed by atoms with Crippen LogP contribution in [0.2, 0.25) is 0 Å². The lowest BCUT2D eigenvalue weighted by Crippen LogP contribution is -2.87. The minimum atomic E-state index is -0.622. The molecule has 0 saturated heterocycles. The van der Waals surface area contributed by atoms with Gasteiger partial charge in [-0.2, -0.15) is 0 Å². The monoisotopic (exact) mass is 374 g/mol. The molecule has 2 aromatic rings. The second-order valence-electron chi connectivity index (χ2n) is 7.76. The first-order chi connectivity index (χ1) is 12.8. The van der Waals surface area contributed by atoms with Crippen LogP contribution in [0.1, 0.15) is 38.0 Å². The Labute approximate surface area is 162 Å². The Morgan fingerprint density at radius 2 is 1.70 bits per heavy atom. The molecule has 148 valence electrons. The molecule has 0 radical (unpaired) electrons. The van der Waals surface area contributed by atoms with Crippen molar-refractivity contribution in [2.45, 2.75) is 38.4 Å². The Hall–Kier alpha value is -2.08. The second-order valence-corrected chi connectivity index (χ2v) is 7.76. The number of quaternary nitrogens is 1. The lowest BCUT2D eigenvalue weighted by Gasteiger charge is -2.24. The highest BCUT2D eigenvalue weighted by atomic mass is 16.5. The average molecular weight is 375 g/mol. The van der Waals surface area contributed by atoms with Gasteiger partial charge in [0.2, 0.25) is 0 Å². The fourth-order valence-corrected chi connectivity index (χ4v) is 2.86. The second kappa shape index (κ2) is 9.74. The lowest BCUT2D eigenvalue weighted by molar-refractivity contribution is -0.668. The number of rotatable bonds is 9. The van der Waals surface area contributed by atoms with Crippen molar-refractivity contribution in [1.29, 1.82) is 0 Å². The van der Waals surface area contributed by atoms with Crippen molar-refractivity contribution in [3.05, 3.63) is 59.7 Å². The van der Waals surface area contributed by atoms with E-state index in [9.17, 15) is 10.2 Å². The van der Waals surface area contributed by atoms with Crippen LogP contribution in [-0.4, -0.2) is 43.1 Å². The Bertz CT molecular complexity index is 697. The maximum absolute atomic E-state index is 10.2. The van der Waals surface area contributed by atoms with Crippen LogP contribution < -0.4 is 14.8 Å². The van der Waals surface area contributed by atoms with Gasteiger partial charge in [-0.25, -0.2) is 0 Å². The minimum Gasteiger partial charge on any atom is -0.497 e. The highest BCUT2D eigenvalue weighted by molar-refractivity contribution is 5.44. The fraction of sp³-hybridized carbons (Fsp3) is 0.455. The molecule has 0 aromatic heterocycles. The molecule has 2 aromatic carbocycles. The summed E-state index contributed by atoms with van der Waals surface area (Å²) >= 11 is 0. The van der Waals surface area contributed by atoms with E-state index in [0.29, 0.717) is 13.1 Å². The predicted octanol–water partition coefficient (Wildman–Crippen LogP) is 2.03. The molecule has 0 aliphatic rings. The van der Waals surface area contributed by atoms with E-state index in [0.717, 1.165) is 22.6 Å². The summed E-state index contributed by atoms with van der Waals surface area (Å²) in [6.45, 7) is 7.51. The minimum absolute atomic E-state index is 0.0965. The van der Waals surface area contributed by atoms with Gasteiger partial charge in [-0.15, -0.1) is 0 Å². The molecule has 0 saturated carbocycles. The van der Waals surface area contributed by atoms with Crippen molar-refractivity contribution in [3.63, 3.8) is 0 Å². The number of nitrogens with two attached hydrogens (primary N) is 1. The summed E-state index contributed by atoms with van der Waals surface area (Å²) in [5.74, 6) is 1.54. The van der Waals surface area contributed by atoms with Crippen molar-refractivity contribution < 1.29 is 25.0 Å². The molecule has 4 N–H and O–H groups in total. The van der Waals surface area contributed by atoms with Crippen LogP contribution in [0.15, 0.2) is 48.5 Å². The van der Waals surface area contributed by atoms with Crippen molar-refractivity contribution >= 4 is 0 Å². The highest BCUT2D eigenvalue weighted by Gasteiger charge is 2.21. The maximum atomic E-state index is 10.2. The van der Waals surface area contributed by atoms with Gasteiger partial charge in [-0.3, -0.25) is 0 Å². The molecule has 0 aliphatic heterocycles. The van der Waals surface area contributed by atoms with Gasteiger partial charge >= 0.3 is 0 Å². The van der Waals surface area contributed by atoms with E-state index in [-0.39, 0.29) is 12.0 Å². The quantitative estimate of drug-likeness (QED) is 0.628. The normalized spacial score (nSPS) is 13.9. The number of aliphatic hydroxyl groups is 2. The molecule has 0 aliphatic carbocycles. The van der Waals surface area contributed by atoms with Gasteiger partial charge in [0, 0.05) is 5.56 Å². The molecular weight excluding hydrogens is 342 g/mol. The number of benzene rings is 2. The van der Waals surface area contributed by atoms with Crippen LogP contribution in [0.4, 0.5) is 0 Å². The van der Waals surface area contributed by atoms with Gasteiger partial charge in [-0.05, 0) is 29.2 Å². The third-order valence-corrected chi connectivity index (χ3v) is 4.44. The van der Waals surface area contributed by atoms with E-state index >= 15 is 0 Å². The third kappa shape index (κ3) is 6.54. The molecule has 0 amide bonds. The summed E-state index contributed by atoms with van der Waals surface area (Å²) < 4.78 is 11.2. The molecule has 2 rings (SSSR count). The fourth-order valence-electron chi connectivity index (χ4n) is 2.86. The summed E-state index contributed by atoms with van der Waals surface area (Å²) in [4.78, 5) is 0. The van der Waals surface area contributed by atoms with Crippen molar-refractivity contribution in [2.24, 2.45) is 0 Å². The van der Waals surface area contributed by atoms with Crippen molar-refractivity contribution in [2.75, 3.05) is 26.8 Å². The first-order valence-electron chi connectivity index (χ1n) is 9.35. The molecular formula is C22H32NO4+. The summed E-state index contributed by atoms with van der Waals surface area (Å²) in [5, 5.41) is 22.3. The molecule has 2 atom stereocenters. The number of hydrogen-bond donors (Lipinski definition) is 3. The molecule has 5 heteroatoms. The van der Waals surface area contributed by atoms with Crippen LogP contribution in [0.5, 0.6) is 11.5 Å². The average Bonchev–Trinajstić information content (AvgIpc) is 2.66. The summed E-state index contributed by atoms with van der Waals surface area (Å²) in [7, 11) is 1.64. The van der Waals surface area contributed by atoms with Gasteiger partial charge in [0.15, 0.2) is 0 Å². The number of ether oxygens (including phenoxy) is 2. The largest absolute Gasteiger partial charge is 0.497 e. The zero-order valence-electron chi connectivity index (χ0n) is 16.7. The smallest absolute Gasteiger partial charge is 0.137 e. The van der Waals surface area contributed by atoms with Crippen LogP contribution in [-0.2, 0) is 5.41 Å².